The van der Waals surface area contributed by atoms with Crippen molar-refractivity contribution < 1.29 is 14.3 Å². The zero-order valence-electron chi connectivity index (χ0n) is 15.1. The summed E-state index contributed by atoms with van der Waals surface area (Å²) in [4.78, 5) is 15.7. The molecule has 0 saturated carbocycles. The van der Waals surface area contributed by atoms with Crippen molar-refractivity contribution >= 4 is 16.9 Å². The summed E-state index contributed by atoms with van der Waals surface area (Å²) in [6, 6.07) is 15.5. The Morgan fingerprint density at radius 2 is 2.00 bits per heavy atom. The predicted octanol–water partition coefficient (Wildman–Crippen LogP) is 3.44. The van der Waals surface area contributed by atoms with Crippen molar-refractivity contribution in [1.29, 1.82) is 0 Å². The summed E-state index contributed by atoms with van der Waals surface area (Å²) in [6.07, 6.45) is 2.49. The normalized spacial score (nSPS) is 12.1. The first-order valence-electron chi connectivity index (χ1n) is 8.79. The number of benzene rings is 2. The van der Waals surface area contributed by atoms with E-state index in [1.165, 1.54) is 0 Å². The lowest BCUT2D eigenvalue weighted by Crippen LogP contribution is -2.39. The molecule has 0 aliphatic rings. The van der Waals surface area contributed by atoms with E-state index >= 15 is 0 Å². The number of ether oxygens (including phenoxy) is 2. The number of H-pyrrole nitrogens is 1. The molecule has 0 aliphatic heterocycles. The Morgan fingerprint density at radius 1 is 1.19 bits per heavy atom. The third-order valence-corrected chi connectivity index (χ3v) is 4.37. The van der Waals surface area contributed by atoms with Crippen LogP contribution in [0.1, 0.15) is 18.1 Å². The topological polar surface area (TPSA) is 63.4 Å². The second-order valence-corrected chi connectivity index (χ2v) is 6.10. The van der Waals surface area contributed by atoms with E-state index in [9.17, 15) is 4.79 Å². The van der Waals surface area contributed by atoms with Gasteiger partial charge in [0.2, 0.25) is 0 Å². The number of esters is 1. The maximum Gasteiger partial charge on any atom is 0.323 e. The molecule has 136 valence electrons. The molecule has 2 N–H and O–H groups in total. The largest absolute Gasteiger partial charge is 0.497 e. The van der Waals surface area contributed by atoms with E-state index in [-0.39, 0.29) is 5.97 Å². The number of methoxy groups -OCH3 is 1. The van der Waals surface area contributed by atoms with Crippen LogP contribution in [-0.4, -0.2) is 30.7 Å². The van der Waals surface area contributed by atoms with E-state index in [0.717, 1.165) is 27.8 Å². The summed E-state index contributed by atoms with van der Waals surface area (Å²) in [5.41, 5.74) is 3.20. The third-order valence-electron chi connectivity index (χ3n) is 4.37. The standard InChI is InChI=1S/C21H24N2O3/c1-3-26-21(24)20(22-13-15-7-5-4-6-8-15)11-16-14-23-19-10-9-17(25-2)12-18(16)19/h4-10,12,14,20,22-23H,3,11,13H2,1-2H3/t20-/m0/s1. The number of carbonyl (C=O) groups is 1. The van der Waals surface area contributed by atoms with E-state index in [1.807, 2.05) is 61.7 Å². The molecule has 3 rings (SSSR count). The first-order chi connectivity index (χ1) is 12.7. The molecular formula is C21H24N2O3. The molecule has 0 spiro atoms. The molecule has 1 atom stereocenters. The minimum absolute atomic E-state index is 0.235. The highest BCUT2D eigenvalue weighted by molar-refractivity contribution is 5.86. The predicted molar refractivity (Wildman–Crippen MR) is 102 cm³/mol. The maximum atomic E-state index is 12.4. The number of aromatic amines is 1. The molecule has 0 fully saturated rings. The van der Waals surface area contributed by atoms with Gasteiger partial charge in [0.05, 0.1) is 13.7 Å². The van der Waals surface area contributed by atoms with Crippen LogP contribution in [0.5, 0.6) is 5.75 Å². The van der Waals surface area contributed by atoms with Crippen LogP contribution in [0, 0.1) is 0 Å². The molecule has 26 heavy (non-hydrogen) atoms. The van der Waals surface area contributed by atoms with Gasteiger partial charge in [-0.25, -0.2) is 0 Å². The average Bonchev–Trinajstić information content (AvgIpc) is 3.08. The van der Waals surface area contributed by atoms with E-state index in [0.29, 0.717) is 19.6 Å². The fraction of sp³-hybridized carbons (Fsp3) is 0.286. The number of hydrogen-bond donors (Lipinski definition) is 2. The minimum atomic E-state index is -0.416. The van der Waals surface area contributed by atoms with Crippen molar-refractivity contribution in [1.82, 2.24) is 10.3 Å². The molecular weight excluding hydrogens is 328 g/mol. The molecule has 1 aromatic heterocycles. The smallest absolute Gasteiger partial charge is 0.323 e. The Kier molecular flexibility index (Phi) is 5.92. The van der Waals surface area contributed by atoms with Crippen LogP contribution in [-0.2, 0) is 22.5 Å². The van der Waals surface area contributed by atoms with Gasteiger partial charge < -0.3 is 19.8 Å². The van der Waals surface area contributed by atoms with Gasteiger partial charge in [0.15, 0.2) is 0 Å². The molecule has 0 unspecified atom stereocenters. The van der Waals surface area contributed by atoms with Crippen molar-refractivity contribution in [2.24, 2.45) is 0 Å². The van der Waals surface area contributed by atoms with E-state index < -0.39 is 6.04 Å². The van der Waals surface area contributed by atoms with Crippen LogP contribution < -0.4 is 10.1 Å². The molecule has 5 nitrogen and oxygen atoms in total. The van der Waals surface area contributed by atoms with Gasteiger partial charge in [-0.2, -0.15) is 0 Å². The Bertz CT molecular complexity index is 858. The van der Waals surface area contributed by atoms with Gasteiger partial charge >= 0.3 is 5.97 Å². The monoisotopic (exact) mass is 352 g/mol. The summed E-state index contributed by atoms with van der Waals surface area (Å²) in [7, 11) is 1.65. The molecule has 1 heterocycles. The van der Waals surface area contributed by atoms with Crippen LogP contribution in [0.15, 0.2) is 54.7 Å². The fourth-order valence-electron chi connectivity index (χ4n) is 2.99. The van der Waals surface area contributed by atoms with Gasteiger partial charge in [0.1, 0.15) is 11.8 Å². The number of nitrogens with one attached hydrogen (secondary N) is 2. The molecule has 3 aromatic rings. The van der Waals surface area contributed by atoms with Crippen LogP contribution >= 0.6 is 0 Å². The van der Waals surface area contributed by atoms with E-state index in [4.69, 9.17) is 9.47 Å². The Hall–Kier alpha value is -2.79. The zero-order valence-corrected chi connectivity index (χ0v) is 15.1. The number of hydrogen-bond acceptors (Lipinski definition) is 4. The number of fused-ring (bicyclic) bond motifs is 1. The van der Waals surface area contributed by atoms with E-state index in [2.05, 4.69) is 10.3 Å². The van der Waals surface area contributed by atoms with Crippen molar-refractivity contribution in [2.45, 2.75) is 25.9 Å². The van der Waals surface area contributed by atoms with Crippen molar-refractivity contribution in [3.8, 4) is 5.75 Å². The second-order valence-electron chi connectivity index (χ2n) is 6.10. The summed E-state index contributed by atoms with van der Waals surface area (Å²) in [5, 5.41) is 4.39. The van der Waals surface area contributed by atoms with Crippen LogP contribution in [0.3, 0.4) is 0 Å². The lowest BCUT2D eigenvalue weighted by atomic mass is 10.0. The summed E-state index contributed by atoms with van der Waals surface area (Å²) < 4.78 is 10.6. The zero-order chi connectivity index (χ0) is 18.4. The van der Waals surface area contributed by atoms with Gasteiger partial charge in [-0.15, -0.1) is 0 Å². The molecule has 5 heteroatoms. The Balaban J connectivity index is 1.79. The highest BCUT2D eigenvalue weighted by atomic mass is 16.5. The van der Waals surface area contributed by atoms with Crippen LogP contribution in [0.4, 0.5) is 0 Å². The van der Waals surface area contributed by atoms with E-state index in [1.54, 1.807) is 7.11 Å². The number of rotatable bonds is 8. The molecule has 0 radical (unpaired) electrons. The lowest BCUT2D eigenvalue weighted by Gasteiger charge is -2.17. The summed E-state index contributed by atoms with van der Waals surface area (Å²) in [5.74, 6) is 0.559. The number of carbonyl (C=O) groups excluding carboxylic acids is 1. The van der Waals surface area contributed by atoms with Gasteiger partial charge in [-0.1, -0.05) is 30.3 Å². The van der Waals surface area contributed by atoms with Gasteiger partial charge in [0, 0.05) is 30.1 Å². The highest BCUT2D eigenvalue weighted by Gasteiger charge is 2.21. The Labute approximate surface area is 153 Å². The van der Waals surface area contributed by atoms with Crippen LogP contribution in [0.25, 0.3) is 10.9 Å². The highest BCUT2D eigenvalue weighted by Crippen LogP contribution is 2.24. The van der Waals surface area contributed by atoms with Crippen molar-refractivity contribution in [3.05, 3.63) is 65.9 Å². The summed E-state index contributed by atoms with van der Waals surface area (Å²) in [6.45, 7) is 2.79. The fourth-order valence-corrected chi connectivity index (χ4v) is 2.99. The van der Waals surface area contributed by atoms with Gasteiger partial charge in [0.25, 0.3) is 0 Å². The lowest BCUT2D eigenvalue weighted by molar-refractivity contribution is -0.145. The quantitative estimate of drug-likeness (QED) is 0.610. The molecule has 0 aliphatic carbocycles. The molecule has 0 bridgehead atoms. The third kappa shape index (κ3) is 4.24. The van der Waals surface area contributed by atoms with Gasteiger partial charge in [-0.05, 0) is 36.2 Å². The molecule has 0 amide bonds. The van der Waals surface area contributed by atoms with Crippen molar-refractivity contribution in [2.75, 3.05) is 13.7 Å². The molecule has 2 aromatic carbocycles. The first-order valence-corrected chi connectivity index (χ1v) is 8.79. The molecule has 0 saturated heterocycles. The van der Waals surface area contributed by atoms with Gasteiger partial charge in [-0.3, -0.25) is 4.79 Å². The minimum Gasteiger partial charge on any atom is -0.497 e. The van der Waals surface area contributed by atoms with Crippen LogP contribution in [0.2, 0.25) is 0 Å². The Morgan fingerprint density at radius 3 is 2.73 bits per heavy atom. The second kappa shape index (κ2) is 8.54. The first kappa shape index (κ1) is 18.0. The number of aromatic nitrogens is 1. The summed E-state index contributed by atoms with van der Waals surface area (Å²) >= 11 is 0. The maximum absolute atomic E-state index is 12.4. The average molecular weight is 352 g/mol. The van der Waals surface area contributed by atoms with Crippen molar-refractivity contribution in [3.63, 3.8) is 0 Å². The SMILES string of the molecule is CCOC(=O)[C@H](Cc1c[nH]c2ccc(OC)cc12)NCc1ccccc1.